The van der Waals surface area contributed by atoms with Crippen LogP contribution in [0.5, 0.6) is 0 Å². The third-order valence-electron chi connectivity index (χ3n) is 4.81. The third kappa shape index (κ3) is 2.55. The van der Waals surface area contributed by atoms with E-state index in [1.807, 2.05) is 6.20 Å². The van der Waals surface area contributed by atoms with Crippen LogP contribution in [0.2, 0.25) is 0 Å². The molecule has 5 heteroatoms. The zero-order valence-electron chi connectivity index (χ0n) is 14.0. The van der Waals surface area contributed by atoms with Gasteiger partial charge in [0.2, 0.25) is 0 Å². The number of rotatable bonds is 2. The first-order valence-corrected chi connectivity index (χ1v) is 8.31. The molecular weight excluding hydrogens is 286 g/mol. The molecule has 3 aromatic rings. The molecule has 0 atom stereocenters. The number of benzene rings is 1. The molecule has 120 valence electrons. The quantitative estimate of drug-likeness (QED) is 0.790. The first-order chi connectivity index (χ1) is 11.1. The first kappa shape index (κ1) is 14.5. The highest BCUT2D eigenvalue weighted by Crippen LogP contribution is 2.25. The van der Waals surface area contributed by atoms with Crippen molar-refractivity contribution in [1.82, 2.24) is 19.3 Å². The first-order valence-electron chi connectivity index (χ1n) is 8.31. The lowest BCUT2D eigenvalue weighted by molar-refractivity contribution is 0.263. The fraction of sp³-hybridized carbons (Fsp3) is 0.444. The van der Waals surface area contributed by atoms with Gasteiger partial charge in [-0.2, -0.15) is 0 Å². The number of imidazole rings is 1. The number of hydrogen-bond acceptors (Lipinski definition) is 4. The van der Waals surface area contributed by atoms with E-state index in [0.717, 1.165) is 54.1 Å². The molecule has 4 rings (SSSR count). The number of piperidine rings is 1. The van der Waals surface area contributed by atoms with Gasteiger partial charge in [0.15, 0.2) is 11.5 Å². The van der Waals surface area contributed by atoms with Gasteiger partial charge in [-0.05, 0) is 64.5 Å². The minimum atomic E-state index is 0.474. The van der Waals surface area contributed by atoms with Gasteiger partial charge >= 0.3 is 0 Å². The van der Waals surface area contributed by atoms with Crippen molar-refractivity contribution in [3.05, 3.63) is 35.7 Å². The maximum atomic E-state index is 4.86. The highest BCUT2D eigenvalue weighted by atomic mass is 15.2. The highest BCUT2D eigenvalue weighted by Gasteiger charge is 2.19. The van der Waals surface area contributed by atoms with Crippen molar-refractivity contribution in [2.24, 2.45) is 0 Å². The van der Waals surface area contributed by atoms with E-state index >= 15 is 0 Å². The average Bonchev–Trinajstić information content (AvgIpc) is 2.93. The topological polar surface area (TPSA) is 45.5 Å². The van der Waals surface area contributed by atoms with Gasteiger partial charge in [0.25, 0.3) is 0 Å². The highest BCUT2D eigenvalue weighted by molar-refractivity contribution is 5.83. The summed E-state index contributed by atoms with van der Waals surface area (Å²) < 4.78 is 2.21. The Bertz CT molecular complexity index is 859. The molecule has 1 saturated heterocycles. The van der Waals surface area contributed by atoms with Crippen LogP contribution >= 0.6 is 0 Å². The molecule has 0 bridgehead atoms. The number of hydrogen-bond donors (Lipinski definition) is 1. The molecule has 2 aromatic heterocycles. The van der Waals surface area contributed by atoms with Crippen LogP contribution in [0.4, 0.5) is 5.82 Å². The van der Waals surface area contributed by atoms with Crippen molar-refractivity contribution in [1.29, 1.82) is 0 Å². The number of nitrogens with zero attached hydrogens (tertiary/aromatic N) is 4. The van der Waals surface area contributed by atoms with Gasteiger partial charge in [0.1, 0.15) is 0 Å². The third-order valence-corrected chi connectivity index (χ3v) is 4.81. The molecule has 1 aliphatic heterocycles. The van der Waals surface area contributed by atoms with Gasteiger partial charge in [0, 0.05) is 17.9 Å². The number of aromatic nitrogens is 3. The smallest absolute Gasteiger partial charge is 0.180 e. The van der Waals surface area contributed by atoms with E-state index in [0.29, 0.717) is 6.04 Å². The van der Waals surface area contributed by atoms with Crippen molar-refractivity contribution < 1.29 is 0 Å². The molecule has 5 nitrogen and oxygen atoms in total. The lowest BCUT2D eigenvalue weighted by atomic mass is 10.1. The van der Waals surface area contributed by atoms with E-state index in [2.05, 4.69) is 58.7 Å². The van der Waals surface area contributed by atoms with Crippen LogP contribution in [0.3, 0.4) is 0 Å². The van der Waals surface area contributed by atoms with E-state index in [4.69, 9.17) is 4.98 Å². The number of anilines is 1. The van der Waals surface area contributed by atoms with E-state index in [1.165, 1.54) is 5.56 Å². The van der Waals surface area contributed by atoms with E-state index in [-0.39, 0.29) is 0 Å². The van der Waals surface area contributed by atoms with Crippen molar-refractivity contribution in [2.45, 2.75) is 32.7 Å². The van der Waals surface area contributed by atoms with Crippen LogP contribution in [-0.2, 0) is 0 Å². The van der Waals surface area contributed by atoms with Gasteiger partial charge in [0.05, 0.1) is 11.0 Å². The molecule has 0 aliphatic carbocycles. The molecule has 0 amide bonds. The van der Waals surface area contributed by atoms with Gasteiger partial charge in [-0.3, -0.25) is 4.40 Å². The fourth-order valence-electron chi connectivity index (χ4n) is 3.43. The number of fused-ring (bicyclic) bond motifs is 3. The van der Waals surface area contributed by atoms with Crippen LogP contribution in [0.15, 0.2) is 24.4 Å². The molecule has 3 heterocycles. The molecule has 0 saturated carbocycles. The summed E-state index contributed by atoms with van der Waals surface area (Å²) >= 11 is 0. The Morgan fingerprint density at radius 3 is 2.74 bits per heavy atom. The lowest BCUT2D eigenvalue weighted by Gasteiger charge is -2.29. The summed E-state index contributed by atoms with van der Waals surface area (Å²) in [7, 11) is 2.18. The van der Waals surface area contributed by atoms with Crippen molar-refractivity contribution in [3.63, 3.8) is 0 Å². The monoisotopic (exact) mass is 309 g/mol. The van der Waals surface area contributed by atoms with Crippen LogP contribution < -0.4 is 5.32 Å². The number of nitrogens with one attached hydrogen (secondary N) is 1. The molecule has 23 heavy (non-hydrogen) atoms. The Hall–Kier alpha value is -2.14. The van der Waals surface area contributed by atoms with E-state index in [9.17, 15) is 0 Å². The Balaban J connectivity index is 1.81. The van der Waals surface area contributed by atoms with Crippen molar-refractivity contribution in [2.75, 3.05) is 25.5 Å². The molecule has 1 aliphatic rings. The van der Waals surface area contributed by atoms with Crippen LogP contribution in [0, 0.1) is 13.8 Å². The Morgan fingerprint density at radius 1 is 1.17 bits per heavy atom. The summed E-state index contributed by atoms with van der Waals surface area (Å²) in [4.78, 5) is 11.8. The van der Waals surface area contributed by atoms with Crippen LogP contribution in [-0.4, -0.2) is 45.4 Å². The van der Waals surface area contributed by atoms with E-state index in [1.54, 1.807) is 0 Å². The standard InChI is InChI=1S/C18H23N5/c1-12-4-5-15-16(10-12)23-13(2)11-19-18(23)17(21-15)20-14-6-8-22(3)9-7-14/h4-5,10-11,14H,6-9H2,1-3H3,(H,20,21). The normalized spacial score (nSPS) is 17.2. The molecule has 0 spiro atoms. The molecule has 0 unspecified atom stereocenters. The van der Waals surface area contributed by atoms with E-state index < -0.39 is 0 Å². The average molecular weight is 309 g/mol. The SMILES string of the molecule is Cc1ccc2nc(NC3CCN(C)CC3)c3ncc(C)n3c2c1. The number of likely N-dealkylation sites (tertiary alicyclic amines) is 1. The second kappa shape index (κ2) is 5.49. The second-order valence-electron chi connectivity index (χ2n) is 6.73. The maximum Gasteiger partial charge on any atom is 0.180 e. The molecule has 1 fully saturated rings. The molecule has 0 radical (unpaired) electrons. The summed E-state index contributed by atoms with van der Waals surface area (Å²) in [5.74, 6) is 0.906. The van der Waals surface area contributed by atoms with Gasteiger partial charge in [-0.1, -0.05) is 6.07 Å². The summed E-state index contributed by atoms with van der Waals surface area (Å²) in [6.07, 6.45) is 4.23. The van der Waals surface area contributed by atoms with Crippen molar-refractivity contribution >= 4 is 22.5 Å². The summed E-state index contributed by atoms with van der Waals surface area (Å²) in [6, 6.07) is 6.88. The van der Waals surface area contributed by atoms with Crippen LogP contribution in [0.1, 0.15) is 24.1 Å². The Kier molecular flexibility index (Phi) is 3.45. The van der Waals surface area contributed by atoms with Gasteiger partial charge in [-0.15, -0.1) is 0 Å². The predicted molar refractivity (Wildman–Crippen MR) is 94.1 cm³/mol. The summed E-state index contributed by atoms with van der Waals surface area (Å²) in [5.41, 5.74) is 5.46. The molecule has 1 N–H and O–H groups in total. The fourth-order valence-corrected chi connectivity index (χ4v) is 3.43. The zero-order chi connectivity index (χ0) is 16.0. The minimum absolute atomic E-state index is 0.474. The second-order valence-corrected chi connectivity index (χ2v) is 6.73. The Morgan fingerprint density at radius 2 is 1.96 bits per heavy atom. The number of aryl methyl sites for hydroxylation is 2. The summed E-state index contributed by atoms with van der Waals surface area (Å²) in [5, 5.41) is 3.64. The molecular formula is C18H23N5. The largest absolute Gasteiger partial charge is 0.364 e. The van der Waals surface area contributed by atoms with Crippen LogP contribution in [0.25, 0.3) is 16.7 Å². The Labute approximate surface area is 136 Å². The zero-order valence-corrected chi connectivity index (χ0v) is 14.0. The lowest BCUT2D eigenvalue weighted by Crippen LogP contribution is -2.37. The summed E-state index contributed by atoms with van der Waals surface area (Å²) in [6.45, 7) is 6.48. The molecule has 1 aromatic carbocycles. The van der Waals surface area contributed by atoms with Gasteiger partial charge < -0.3 is 10.2 Å². The maximum absolute atomic E-state index is 4.86. The predicted octanol–water partition coefficient (Wildman–Crippen LogP) is 3.01. The van der Waals surface area contributed by atoms with Crippen molar-refractivity contribution in [3.8, 4) is 0 Å². The minimum Gasteiger partial charge on any atom is -0.364 e. The van der Waals surface area contributed by atoms with Gasteiger partial charge in [-0.25, -0.2) is 9.97 Å².